The van der Waals surface area contributed by atoms with E-state index in [1.165, 1.54) is 4.90 Å². The highest BCUT2D eigenvalue weighted by molar-refractivity contribution is 5.97. The number of amides is 2. The molecule has 2 heterocycles. The van der Waals surface area contributed by atoms with Crippen LogP contribution in [0.15, 0.2) is 42.6 Å². The van der Waals surface area contributed by atoms with E-state index < -0.39 is 0 Å². The van der Waals surface area contributed by atoms with Gasteiger partial charge in [-0.3, -0.25) is 14.5 Å². The number of esters is 1. The molecule has 1 aliphatic heterocycles. The molecule has 3 rings (SSSR count). The first-order chi connectivity index (χ1) is 15.9. The molecule has 0 atom stereocenters. The first-order valence-corrected chi connectivity index (χ1v) is 11.1. The van der Waals surface area contributed by atoms with Crippen molar-refractivity contribution in [2.75, 3.05) is 63.6 Å². The molecule has 0 saturated carbocycles. The molecule has 9 heteroatoms. The van der Waals surface area contributed by atoms with Crippen molar-refractivity contribution in [3.8, 4) is 0 Å². The number of hydrogen-bond donors (Lipinski definition) is 1. The van der Waals surface area contributed by atoms with Gasteiger partial charge in [-0.2, -0.15) is 0 Å². The second-order valence-electron chi connectivity index (χ2n) is 8.07. The predicted octanol–water partition coefficient (Wildman–Crippen LogP) is 2.11. The van der Waals surface area contributed by atoms with Gasteiger partial charge in [0.05, 0.1) is 18.7 Å². The van der Waals surface area contributed by atoms with Crippen LogP contribution < -0.4 is 10.2 Å². The summed E-state index contributed by atoms with van der Waals surface area (Å²) in [7, 11) is 3.39. The van der Waals surface area contributed by atoms with Crippen LogP contribution in [0.2, 0.25) is 0 Å². The molecule has 33 heavy (non-hydrogen) atoms. The third-order valence-electron chi connectivity index (χ3n) is 5.34. The third kappa shape index (κ3) is 6.76. The molecule has 0 bridgehead atoms. The Morgan fingerprint density at radius 2 is 1.88 bits per heavy atom. The smallest absolute Gasteiger partial charge is 0.339 e. The lowest BCUT2D eigenvalue weighted by Gasteiger charge is -2.22. The number of rotatable bonds is 7. The maximum absolute atomic E-state index is 12.6. The van der Waals surface area contributed by atoms with Crippen molar-refractivity contribution in [3.63, 3.8) is 0 Å². The zero-order valence-electron chi connectivity index (χ0n) is 19.4. The maximum atomic E-state index is 12.6. The fourth-order valence-corrected chi connectivity index (χ4v) is 3.66. The van der Waals surface area contributed by atoms with Crippen LogP contribution in [0.5, 0.6) is 0 Å². The number of nitrogens with zero attached hydrogens (tertiary/aromatic N) is 4. The van der Waals surface area contributed by atoms with Gasteiger partial charge in [-0.15, -0.1) is 0 Å². The molecule has 2 amide bonds. The van der Waals surface area contributed by atoms with Gasteiger partial charge in [0.2, 0.25) is 5.91 Å². The highest BCUT2D eigenvalue weighted by Gasteiger charge is 2.19. The Labute approximate surface area is 194 Å². The first kappa shape index (κ1) is 24.2. The SMILES string of the molecule is CCOC(=O)c1ccc(N2CCCN(CC(=O)Nc3cccc(C(=O)N(C)C)c3)CC2)nc1. The summed E-state index contributed by atoms with van der Waals surface area (Å²) >= 11 is 0. The molecule has 1 aliphatic rings. The van der Waals surface area contributed by atoms with Gasteiger partial charge in [-0.05, 0) is 43.7 Å². The number of benzene rings is 1. The van der Waals surface area contributed by atoms with E-state index in [1.807, 2.05) is 6.07 Å². The molecule has 0 spiro atoms. The standard InChI is InChI=1S/C24H31N5O4/c1-4-33-24(32)19-9-10-21(25-16-19)29-12-6-11-28(13-14-29)17-22(30)26-20-8-5-7-18(15-20)23(31)27(2)3/h5,7-10,15-16H,4,6,11-14,17H2,1-3H3,(H,26,30). The van der Waals surface area contributed by atoms with Crippen LogP contribution in [-0.2, 0) is 9.53 Å². The molecular formula is C24H31N5O4. The van der Waals surface area contributed by atoms with Gasteiger partial charge in [-0.1, -0.05) is 6.07 Å². The lowest BCUT2D eigenvalue weighted by atomic mass is 10.2. The number of anilines is 2. The Bertz CT molecular complexity index is 977. The fraction of sp³-hybridized carbons (Fsp3) is 0.417. The Morgan fingerprint density at radius 1 is 1.06 bits per heavy atom. The van der Waals surface area contributed by atoms with Crippen LogP contribution >= 0.6 is 0 Å². The van der Waals surface area contributed by atoms with Crippen molar-refractivity contribution in [3.05, 3.63) is 53.7 Å². The lowest BCUT2D eigenvalue weighted by Crippen LogP contribution is -2.36. The molecule has 0 unspecified atom stereocenters. The Balaban J connectivity index is 1.53. The summed E-state index contributed by atoms with van der Waals surface area (Å²) < 4.78 is 5.00. The third-order valence-corrected chi connectivity index (χ3v) is 5.34. The molecule has 0 aliphatic carbocycles. The van der Waals surface area contributed by atoms with Crippen LogP contribution in [0.25, 0.3) is 0 Å². The van der Waals surface area contributed by atoms with E-state index in [4.69, 9.17) is 4.74 Å². The molecule has 1 aromatic heterocycles. The topological polar surface area (TPSA) is 95.1 Å². The van der Waals surface area contributed by atoms with Crippen LogP contribution in [-0.4, -0.2) is 86.0 Å². The van der Waals surface area contributed by atoms with E-state index in [2.05, 4.69) is 20.1 Å². The molecule has 9 nitrogen and oxygen atoms in total. The second kappa shape index (κ2) is 11.4. The van der Waals surface area contributed by atoms with Crippen molar-refractivity contribution in [1.29, 1.82) is 0 Å². The predicted molar refractivity (Wildman–Crippen MR) is 127 cm³/mol. The van der Waals surface area contributed by atoms with E-state index in [0.29, 0.717) is 30.0 Å². The Hall–Kier alpha value is -3.46. The van der Waals surface area contributed by atoms with E-state index >= 15 is 0 Å². The summed E-state index contributed by atoms with van der Waals surface area (Å²) in [4.78, 5) is 46.7. The molecule has 2 aromatic rings. The van der Waals surface area contributed by atoms with Crippen LogP contribution in [0.1, 0.15) is 34.1 Å². The summed E-state index contributed by atoms with van der Waals surface area (Å²) in [5, 5.41) is 2.89. The number of pyridine rings is 1. The minimum Gasteiger partial charge on any atom is -0.462 e. The zero-order chi connectivity index (χ0) is 23.8. The van der Waals surface area contributed by atoms with E-state index in [1.54, 1.807) is 57.5 Å². The summed E-state index contributed by atoms with van der Waals surface area (Å²) in [5.41, 5.74) is 1.57. The molecular weight excluding hydrogens is 422 g/mol. The Kier molecular flexibility index (Phi) is 8.37. The lowest BCUT2D eigenvalue weighted by molar-refractivity contribution is -0.117. The molecule has 1 aromatic carbocycles. The van der Waals surface area contributed by atoms with Crippen molar-refractivity contribution < 1.29 is 19.1 Å². The van der Waals surface area contributed by atoms with Crippen LogP contribution in [0, 0.1) is 0 Å². The van der Waals surface area contributed by atoms with Gasteiger partial charge in [0.15, 0.2) is 0 Å². The quantitative estimate of drug-likeness (QED) is 0.642. The van der Waals surface area contributed by atoms with Gasteiger partial charge in [-0.25, -0.2) is 9.78 Å². The molecule has 1 fully saturated rings. The Morgan fingerprint density at radius 3 is 2.58 bits per heavy atom. The average molecular weight is 454 g/mol. The van der Waals surface area contributed by atoms with Gasteiger partial charge in [0, 0.05) is 57.7 Å². The van der Waals surface area contributed by atoms with Crippen molar-refractivity contribution in [1.82, 2.24) is 14.8 Å². The van der Waals surface area contributed by atoms with Gasteiger partial charge >= 0.3 is 5.97 Å². The number of carbonyl (C=O) groups is 3. The number of aromatic nitrogens is 1. The normalized spacial score (nSPS) is 14.3. The number of hydrogen-bond acceptors (Lipinski definition) is 7. The maximum Gasteiger partial charge on any atom is 0.339 e. The van der Waals surface area contributed by atoms with Crippen LogP contribution in [0.3, 0.4) is 0 Å². The summed E-state index contributed by atoms with van der Waals surface area (Å²) in [5.74, 6) is 0.204. The average Bonchev–Trinajstić information content (AvgIpc) is 3.04. The summed E-state index contributed by atoms with van der Waals surface area (Å²) in [6.07, 6.45) is 2.43. The fourth-order valence-electron chi connectivity index (χ4n) is 3.66. The first-order valence-electron chi connectivity index (χ1n) is 11.1. The van der Waals surface area contributed by atoms with Gasteiger partial charge in [0.1, 0.15) is 5.82 Å². The minimum absolute atomic E-state index is 0.109. The van der Waals surface area contributed by atoms with E-state index in [9.17, 15) is 14.4 Å². The monoisotopic (exact) mass is 453 g/mol. The zero-order valence-corrected chi connectivity index (χ0v) is 19.4. The summed E-state index contributed by atoms with van der Waals surface area (Å²) in [6, 6.07) is 10.5. The van der Waals surface area contributed by atoms with E-state index in [-0.39, 0.29) is 24.3 Å². The molecule has 1 saturated heterocycles. The molecule has 1 N–H and O–H groups in total. The summed E-state index contributed by atoms with van der Waals surface area (Å²) in [6.45, 7) is 5.43. The highest BCUT2D eigenvalue weighted by Crippen LogP contribution is 2.16. The number of nitrogens with one attached hydrogen (secondary N) is 1. The largest absolute Gasteiger partial charge is 0.462 e. The molecule has 0 radical (unpaired) electrons. The van der Waals surface area contributed by atoms with Gasteiger partial charge in [0.25, 0.3) is 5.91 Å². The van der Waals surface area contributed by atoms with Gasteiger partial charge < -0.3 is 19.9 Å². The number of ether oxygens (including phenoxy) is 1. The van der Waals surface area contributed by atoms with Crippen molar-refractivity contribution >= 4 is 29.3 Å². The van der Waals surface area contributed by atoms with E-state index in [0.717, 1.165) is 31.9 Å². The van der Waals surface area contributed by atoms with Crippen LogP contribution in [0.4, 0.5) is 11.5 Å². The second-order valence-corrected chi connectivity index (χ2v) is 8.07. The number of carbonyl (C=O) groups excluding carboxylic acids is 3. The molecule has 176 valence electrons. The minimum atomic E-state index is -0.374. The van der Waals surface area contributed by atoms with Crippen molar-refractivity contribution in [2.45, 2.75) is 13.3 Å². The highest BCUT2D eigenvalue weighted by atomic mass is 16.5. The van der Waals surface area contributed by atoms with Crippen molar-refractivity contribution in [2.24, 2.45) is 0 Å².